The van der Waals surface area contributed by atoms with Crippen molar-refractivity contribution < 1.29 is 19.4 Å². The van der Waals surface area contributed by atoms with Crippen molar-refractivity contribution in [3.05, 3.63) is 23.8 Å². The van der Waals surface area contributed by atoms with Gasteiger partial charge >= 0.3 is 6.03 Å². The molecule has 0 bridgehead atoms. The van der Waals surface area contributed by atoms with E-state index in [4.69, 9.17) is 9.47 Å². The summed E-state index contributed by atoms with van der Waals surface area (Å²) in [6, 6.07) is 5.97. The van der Waals surface area contributed by atoms with Gasteiger partial charge in [0.2, 0.25) is 6.79 Å². The van der Waals surface area contributed by atoms with Crippen LogP contribution in [0.25, 0.3) is 0 Å². The van der Waals surface area contributed by atoms with Gasteiger partial charge in [0.15, 0.2) is 11.5 Å². The molecule has 1 saturated heterocycles. The van der Waals surface area contributed by atoms with Gasteiger partial charge in [-0.05, 0) is 43.4 Å². The molecule has 0 radical (unpaired) electrons. The van der Waals surface area contributed by atoms with Crippen molar-refractivity contribution in [3.8, 4) is 11.5 Å². The highest BCUT2D eigenvalue weighted by Gasteiger charge is 2.45. The highest BCUT2D eigenvalue weighted by Crippen LogP contribution is 2.49. The molecule has 3 aliphatic rings. The van der Waals surface area contributed by atoms with Crippen molar-refractivity contribution in [2.24, 2.45) is 0 Å². The molecule has 1 aromatic carbocycles. The molecule has 2 N–H and O–H groups in total. The van der Waals surface area contributed by atoms with Crippen LogP contribution in [-0.4, -0.2) is 48.6 Å². The van der Waals surface area contributed by atoms with E-state index in [1.54, 1.807) is 4.90 Å². The van der Waals surface area contributed by atoms with Gasteiger partial charge in [-0.15, -0.1) is 0 Å². The second kappa shape index (κ2) is 5.60. The lowest BCUT2D eigenvalue weighted by Crippen LogP contribution is -2.48. The predicted molar refractivity (Wildman–Crippen MR) is 83.7 cm³/mol. The Morgan fingerprint density at radius 2 is 2.17 bits per heavy atom. The summed E-state index contributed by atoms with van der Waals surface area (Å²) in [5, 5.41) is 12.7. The quantitative estimate of drug-likeness (QED) is 0.888. The van der Waals surface area contributed by atoms with Crippen molar-refractivity contribution in [1.82, 2.24) is 10.2 Å². The molecule has 1 saturated carbocycles. The molecule has 6 nitrogen and oxygen atoms in total. The summed E-state index contributed by atoms with van der Waals surface area (Å²) in [5.74, 6) is 1.58. The Morgan fingerprint density at radius 3 is 2.96 bits per heavy atom. The highest BCUT2D eigenvalue weighted by molar-refractivity contribution is 5.74. The zero-order valence-electron chi connectivity index (χ0n) is 13.1. The standard InChI is InChI=1S/C17H22N2O4/c20-13-2-1-7-19(9-13)16(21)18-10-17(5-6-17)12-3-4-14-15(8-12)23-11-22-14/h3-4,8,13,20H,1-2,5-7,9-11H2,(H,18,21)/t13-/m0/s1. The fourth-order valence-corrected chi connectivity index (χ4v) is 3.44. The zero-order chi connectivity index (χ0) is 15.9. The molecular weight excluding hydrogens is 296 g/mol. The molecule has 2 heterocycles. The lowest BCUT2D eigenvalue weighted by atomic mass is 9.95. The monoisotopic (exact) mass is 318 g/mol. The summed E-state index contributed by atoms with van der Waals surface area (Å²) < 4.78 is 10.8. The number of carbonyl (C=O) groups is 1. The number of benzene rings is 1. The summed E-state index contributed by atoms with van der Waals surface area (Å²) in [6.07, 6.45) is 3.39. The number of aliphatic hydroxyl groups excluding tert-OH is 1. The molecule has 124 valence electrons. The third-order valence-electron chi connectivity index (χ3n) is 5.10. The van der Waals surface area contributed by atoms with E-state index in [-0.39, 0.29) is 18.2 Å². The third kappa shape index (κ3) is 2.83. The first-order chi connectivity index (χ1) is 11.2. The van der Waals surface area contributed by atoms with Crippen molar-refractivity contribution >= 4 is 6.03 Å². The lowest BCUT2D eigenvalue weighted by Gasteiger charge is -2.30. The first kappa shape index (κ1) is 14.6. The first-order valence-electron chi connectivity index (χ1n) is 8.27. The van der Waals surface area contributed by atoms with Crippen molar-refractivity contribution in [1.29, 1.82) is 0 Å². The Kier molecular flexibility index (Phi) is 3.56. The number of aliphatic hydroxyl groups is 1. The zero-order valence-corrected chi connectivity index (χ0v) is 13.1. The minimum absolute atomic E-state index is 0.0189. The number of rotatable bonds is 3. The molecule has 2 fully saturated rings. The van der Waals surface area contributed by atoms with Gasteiger partial charge in [0.25, 0.3) is 0 Å². The summed E-state index contributed by atoms with van der Waals surface area (Å²) in [6.45, 7) is 2.06. The Labute approximate surface area is 135 Å². The number of amides is 2. The van der Waals surface area contributed by atoms with Crippen LogP contribution < -0.4 is 14.8 Å². The van der Waals surface area contributed by atoms with Gasteiger partial charge in [-0.25, -0.2) is 4.79 Å². The highest BCUT2D eigenvalue weighted by atomic mass is 16.7. The number of nitrogens with zero attached hydrogens (tertiary/aromatic N) is 1. The Bertz CT molecular complexity index is 615. The Balaban J connectivity index is 1.39. The molecule has 2 aliphatic heterocycles. The summed E-state index contributed by atoms with van der Waals surface area (Å²) in [7, 11) is 0. The normalized spacial score (nSPS) is 24.4. The van der Waals surface area contributed by atoms with E-state index in [9.17, 15) is 9.90 Å². The van der Waals surface area contributed by atoms with Crippen LogP contribution in [0.4, 0.5) is 4.79 Å². The molecule has 23 heavy (non-hydrogen) atoms. The van der Waals surface area contributed by atoms with Crippen molar-refractivity contribution in [2.75, 3.05) is 26.4 Å². The van der Waals surface area contributed by atoms with E-state index in [1.165, 1.54) is 5.56 Å². The molecule has 6 heteroatoms. The molecule has 4 rings (SSSR count). The number of hydrogen-bond donors (Lipinski definition) is 2. The summed E-state index contributed by atoms with van der Waals surface area (Å²) in [5.41, 5.74) is 1.21. The van der Waals surface area contributed by atoms with Crippen LogP contribution in [0.3, 0.4) is 0 Å². The van der Waals surface area contributed by atoms with Crippen LogP contribution in [0, 0.1) is 0 Å². The van der Waals surface area contributed by atoms with Crippen LogP contribution in [-0.2, 0) is 5.41 Å². The predicted octanol–water partition coefficient (Wildman–Crippen LogP) is 1.61. The number of urea groups is 1. The van der Waals surface area contributed by atoms with E-state index < -0.39 is 6.10 Å². The number of fused-ring (bicyclic) bond motifs is 1. The number of β-amino-alcohol motifs (C(OH)–C–C–N with tert-alkyl or cyclic N) is 1. The molecule has 1 aromatic rings. The van der Waals surface area contributed by atoms with Gasteiger partial charge in [0.05, 0.1) is 6.10 Å². The van der Waals surface area contributed by atoms with Gasteiger partial charge in [-0.3, -0.25) is 0 Å². The maximum absolute atomic E-state index is 12.3. The van der Waals surface area contributed by atoms with Crippen molar-refractivity contribution in [2.45, 2.75) is 37.2 Å². The second-order valence-electron chi connectivity index (χ2n) is 6.75. The number of likely N-dealkylation sites (tertiary alicyclic amines) is 1. The number of ether oxygens (including phenoxy) is 2. The molecule has 0 spiro atoms. The van der Waals surface area contributed by atoms with Gasteiger partial charge in [0.1, 0.15) is 0 Å². The Hall–Kier alpha value is -1.95. The molecule has 2 amide bonds. The number of hydrogen-bond acceptors (Lipinski definition) is 4. The largest absolute Gasteiger partial charge is 0.454 e. The van der Waals surface area contributed by atoms with E-state index in [1.807, 2.05) is 12.1 Å². The molecule has 0 aromatic heterocycles. The van der Waals surface area contributed by atoms with E-state index in [0.29, 0.717) is 13.1 Å². The first-order valence-corrected chi connectivity index (χ1v) is 8.27. The maximum atomic E-state index is 12.3. The maximum Gasteiger partial charge on any atom is 0.317 e. The number of nitrogens with one attached hydrogen (secondary N) is 1. The molecule has 0 unspecified atom stereocenters. The van der Waals surface area contributed by atoms with Gasteiger partial charge in [-0.2, -0.15) is 0 Å². The van der Waals surface area contributed by atoms with Gasteiger partial charge < -0.3 is 24.8 Å². The number of piperidine rings is 1. The smallest absolute Gasteiger partial charge is 0.317 e. The van der Waals surface area contributed by atoms with E-state index in [2.05, 4.69) is 11.4 Å². The molecule has 1 atom stereocenters. The van der Waals surface area contributed by atoms with Crippen LogP contribution in [0.15, 0.2) is 18.2 Å². The topological polar surface area (TPSA) is 71.0 Å². The minimum atomic E-state index is -0.391. The third-order valence-corrected chi connectivity index (χ3v) is 5.10. The van der Waals surface area contributed by atoms with Gasteiger partial charge in [-0.1, -0.05) is 6.07 Å². The van der Waals surface area contributed by atoms with Crippen LogP contribution in [0.2, 0.25) is 0 Å². The second-order valence-corrected chi connectivity index (χ2v) is 6.75. The van der Waals surface area contributed by atoms with Crippen LogP contribution in [0.1, 0.15) is 31.2 Å². The number of carbonyl (C=O) groups excluding carboxylic acids is 1. The van der Waals surface area contributed by atoms with E-state index >= 15 is 0 Å². The fraction of sp³-hybridized carbons (Fsp3) is 0.588. The average molecular weight is 318 g/mol. The van der Waals surface area contributed by atoms with Crippen LogP contribution >= 0.6 is 0 Å². The van der Waals surface area contributed by atoms with E-state index in [0.717, 1.165) is 43.7 Å². The van der Waals surface area contributed by atoms with Crippen molar-refractivity contribution in [3.63, 3.8) is 0 Å². The lowest BCUT2D eigenvalue weighted by molar-refractivity contribution is 0.0841. The average Bonchev–Trinajstić information content (AvgIpc) is 3.21. The molecule has 1 aliphatic carbocycles. The van der Waals surface area contributed by atoms with Gasteiger partial charge in [0, 0.05) is 25.0 Å². The minimum Gasteiger partial charge on any atom is -0.454 e. The Morgan fingerprint density at radius 1 is 1.35 bits per heavy atom. The fourth-order valence-electron chi connectivity index (χ4n) is 3.44. The summed E-state index contributed by atoms with van der Waals surface area (Å²) >= 11 is 0. The van der Waals surface area contributed by atoms with Crippen LogP contribution in [0.5, 0.6) is 11.5 Å². The SMILES string of the molecule is O=C(NCC1(c2ccc3c(c2)OCO3)CC1)N1CCC[C@H](O)C1. The summed E-state index contributed by atoms with van der Waals surface area (Å²) in [4.78, 5) is 14.0. The molecular formula is C17H22N2O4.